The fraction of sp³-hybridized carbons (Fsp3) is 0.579. The molecule has 7 heteroatoms. The fourth-order valence-electron chi connectivity index (χ4n) is 4.42. The molecule has 0 bridgehead atoms. The van der Waals surface area contributed by atoms with Gasteiger partial charge in [0.25, 0.3) is 0 Å². The van der Waals surface area contributed by atoms with E-state index in [0.29, 0.717) is 34.7 Å². The van der Waals surface area contributed by atoms with E-state index >= 15 is 0 Å². The normalized spacial score (nSPS) is 26.9. The molecule has 1 aromatic rings. The molecule has 4 rings (SSSR count). The van der Waals surface area contributed by atoms with Crippen molar-refractivity contribution in [3.05, 3.63) is 28.2 Å². The topological polar surface area (TPSA) is 43.9 Å². The van der Waals surface area contributed by atoms with Crippen molar-refractivity contribution in [2.45, 2.75) is 31.7 Å². The van der Waals surface area contributed by atoms with Gasteiger partial charge in [0, 0.05) is 37.2 Å². The highest BCUT2D eigenvalue weighted by Gasteiger charge is 2.42. The van der Waals surface area contributed by atoms with Gasteiger partial charge in [0.15, 0.2) is 0 Å². The number of fused-ring (bicyclic) bond motifs is 1. The Kier molecular flexibility index (Phi) is 5.13. The van der Waals surface area contributed by atoms with Crippen molar-refractivity contribution in [3.8, 4) is 0 Å². The van der Waals surface area contributed by atoms with Gasteiger partial charge in [-0.2, -0.15) is 0 Å². The molecule has 2 atom stereocenters. The molecule has 3 saturated heterocycles. The van der Waals surface area contributed by atoms with Gasteiger partial charge in [0.05, 0.1) is 10.7 Å². The Bertz CT molecular complexity index is 727. The van der Waals surface area contributed by atoms with Crippen LogP contribution in [0.5, 0.6) is 0 Å². The van der Waals surface area contributed by atoms with Gasteiger partial charge >= 0.3 is 0 Å². The van der Waals surface area contributed by atoms with Gasteiger partial charge in [-0.05, 0) is 44.0 Å². The molecule has 26 heavy (non-hydrogen) atoms. The molecular formula is C19H23Cl2N3O2. The lowest BCUT2D eigenvalue weighted by Crippen LogP contribution is -2.57. The van der Waals surface area contributed by atoms with E-state index in [4.69, 9.17) is 23.2 Å². The predicted molar refractivity (Wildman–Crippen MR) is 103 cm³/mol. The van der Waals surface area contributed by atoms with Crippen LogP contribution >= 0.6 is 23.2 Å². The number of carbonyl (C=O) groups excluding carboxylic acids is 2. The predicted octanol–water partition coefficient (Wildman–Crippen LogP) is 3.04. The van der Waals surface area contributed by atoms with Crippen LogP contribution in [0.25, 0.3) is 0 Å². The average Bonchev–Trinajstić information content (AvgIpc) is 3.04. The number of carbonyl (C=O) groups is 2. The van der Waals surface area contributed by atoms with Gasteiger partial charge in [-0.1, -0.05) is 29.6 Å². The van der Waals surface area contributed by atoms with Crippen LogP contribution in [0.3, 0.4) is 0 Å². The zero-order valence-corrected chi connectivity index (χ0v) is 16.2. The first-order chi connectivity index (χ1) is 12.5. The minimum atomic E-state index is -0.597. The van der Waals surface area contributed by atoms with Crippen LogP contribution in [0, 0.1) is 5.92 Å². The Morgan fingerprint density at radius 2 is 1.88 bits per heavy atom. The van der Waals surface area contributed by atoms with Crippen molar-refractivity contribution in [1.82, 2.24) is 9.80 Å². The van der Waals surface area contributed by atoms with Crippen LogP contribution < -0.4 is 4.90 Å². The lowest BCUT2D eigenvalue weighted by molar-refractivity contribution is -0.142. The Hall–Kier alpha value is -1.30. The van der Waals surface area contributed by atoms with E-state index in [2.05, 4.69) is 4.90 Å². The number of rotatable bonds is 2. The van der Waals surface area contributed by atoms with Gasteiger partial charge in [0.1, 0.15) is 5.92 Å². The van der Waals surface area contributed by atoms with Gasteiger partial charge < -0.3 is 9.80 Å². The zero-order valence-electron chi connectivity index (χ0n) is 14.7. The second kappa shape index (κ2) is 7.37. The second-order valence-electron chi connectivity index (χ2n) is 7.40. The summed E-state index contributed by atoms with van der Waals surface area (Å²) in [5.74, 6) is -0.786. The van der Waals surface area contributed by atoms with E-state index in [0.717, 1.165) is 32.6 Å². The van der Waals surface area contributed by atoms with Crippen molar-refractivity contribution in [2.24, 2.45) is 5.92 Å². The van der Waals surface area contributed by atoms with Crippen molar-refractivity contribution < 1.29 is 9.59 Å². The number of piperidine rings is 1. The molecule has 0 N–H and O–H groups in total. The van der Waals surface area contributed by atoms with E-state index in [1.54, 1.807) is 23.1 Å². The summed E-state index contributed by atoms with van der Waals surface area (Å²) in [5.41, 5.74) is 0.594. The van der Waals surface area contributed by atoms with E-state index in [-0.39, 0.29) is 11.8 Å². The molecule has 3 aliphatic heterocycles. The van der Waals surface area contributed by atoms with E-state index < -0.39 is 5.92 Å². The standard InChI is InChI=1S/C19H23Cl2N3O2/c20-13-4-5-16(21)17(11-13)24-8-6-15(19(24)26)18(25)23-10-9-22-7-2-1-3-14(22)12-23/h4-5,11,14-15H,1-3,6-10,12H2. The van der Waals surface area contributed by atoms with Crippen molar-refractivity contribution in [3.63, 3.8) is 0 Å². The summed E-state index contributed by atoms with van der Waals surface area (Å²) >= 11 is 12.3. The van der Waals surface area contributed by atoms with Crippen LogP contribution in [-0.2, 0) is 9.59 Å². The summed E-state index contributed by atoms with van der Waals surface area (Å²) in [6.07, 6.45) is 4.16. The van der Waals surface area contributed by atoms with Gasteiger partial charge in [-0.15, -0.1) is 0 Å². The van der Waals surface area contributed by atoms with E-state index in [1.165, 1.54) is 12.8 Å². The summed E-state index contributed by atoms with van der Waals surface area (Å²) in [4.78, 5) is 31.9. The highest BCUT2D eigenvalue weighted by molar-refractivity contribution is 6.36. The number of piperazine rings is 1. The number of amides is 2. The summed E-state index contributed by atoms with van der Waals surface area (Å²) in [6, 6.07) is 5.52. The van der Waals surface area contributed by atoms with Gasteiger partial charge in [0.2, 0.25) is 11.8 Å². The van der Waals surface area contributed by atoms with Crippen LogP contribution in [-0.4, -0.2) is 60.4 Å². The van der Waals surface area contributed by atoms with Crippen LogP contribution in [0.1, 0.15) is 25.7 Å². The van der Waals surface area contributed by atoms with E-state index in [9.17, 15) is 9.59 Å². The number of hydrogen-bond acceptors (Lipinski definition) is 3. The summed E-state index contributed by atoms with van der Waals surface area (Å²) in [5, 5.41) is 1.01. The van der Waals surface area contributed by atoms with E-state index in [1.807, 2.05) is 4.90 Å². The molecule has 0 saturated carbocycles. The summed E-state index contributed by atoms with van der Waals surface area (Å²) in [6.45, 7) is 4.02. The highest BCUT2D eigenvalue weighted by Crippen LogP contribution is 2.34. The van der Waals surface area contributed by atoms with Crippen LogP contribution in [0.15, 0.2) is 18.2 Å². The maximum absolute atomic E-state index is 13.0. The first-order valence-corrected chi connectivity index (χ1v) is 10.1. The van der Waals surface area contributed by atoms with Gasteiger partial charge in [-0.3, -0.25) is 14.5 Å². The Labute approximate surface area is 163 Å². The Balaban J connectivity index is 1.46. The second-order valence-corrected chi connectivity index (χ2v) is 8.24. The maximum Gasteiger partial charge on any atom is 0.239 e. The van der Waals surface area contributed by atoms with Crippen LogP contribution in [0.4, 0.5) is 5.69 Å². The SMILES string of the molecule is O=C(C1CCN(c2cc(Cl)ccc2Cl)C1=O)N1CCN2CCCCC2C1. The highest BCUT2D eigenvalue weighted by atomic mass is 35.5. The first kappa shape index (κ1) is 18.1. The molecule has 3 heterocycles. The molecule has 0 radical (unpaired) electrons. The number of halogens is 2. The number of hydrogen-bond donors (Lipinski definition) is 0. The molecule has 1 aromatic carbocycles. The third-order valence-corrected chi connectivity index (χ3v) is 6.41. The fourth-order valence-corrected chi connectivity index (χ4v) is 4.80. The Morgan fingerprint density at radius 3 is 2.73 bits per heavy atom. The minimum Gasteiger partial charge on any atom is -0.339 e. The summed E-state index contributed by atoms with van der Waals surface area (Å²) in [7, 11) is 0. The molecule has 0 spiro atoms. The molecule has 2 amide bonds. The molecule has 0 aromatic heterocycles. The first-order valence-electron chi connectivity index (χ1n) is 9.34. The minimum absolute atomic E-state index is 0.0270. The number of nitrogens with zero attached hydrogens (tertiary/aromatic N) is 3. The largest absolute Gasteiger partial charge is 0.339 e. The molecule has 3 aliphatic rings. The molecule has 3 fully saturated rings. The number of benzene rings is 1. The molecule has 5 nitrogen and oxygen atoms in total. The van der Waals surface area contributed by atoms with Crippen molar-refractivity contribution in [2.75, 3.05) is 37.6 Å². The lowest BCUT2D eigenvalue weighted by Gasteiger charge is -2.44. The van der Waals surface area contributed by atoms with Crippen LogP contribution in [0.2, 0.25) is 10.0 Å². The number of anilines is 1. The average molecular weight is 396 g/mol. The maximum atomic E-state index is 13.0. The summed E-state index contributed by atoms with van der Waals surface area (Å²) < 4.78 is 0. The third kappa shape index (κ3) is 3.32. The lowest BCUT2D eigenvalue weighted by atomic mass is 9.98. The Morgan fingerprint density at radius 1 is 1.04 bits per heavy atom. The monoisotopic (exact) mass is 395 g/mol. The van der Waals surface area contributed by atoms with Crippen molar-refractivity contribution >= 4 is 40.7 Å². The third-order valence-electron chi connectivity index (χ3n) is 5.85. The zero-order chi connectivity index (χ0) is 18.3. The smallest absolute Gasteiger partial charge is 0.239 e. The van der Waals surface area contributed by atoms with Gasteiger partial charge in [-0.25, -0.2) is 0 Å². The molecule has 0 aliphatic carbocycles. The quantitative estimate of drug-likeness (QED) is 0.722. The molecular weight excluding hydrogens is 373 g/mol. The van der Waals surface area contributed by atoms with Crippen molar-refractivity contribution in [1.29, 1.82) is 0 Å². The molecule has 140 valence electrons. The molecule has 2 unspecified atom stereocenters.